The molecule has 3 N–H and O–H groups in total. The number of nitrogens with two attached hydrogens (primary N) is 1. The van der Waals surface area contributed by atoms with Crippen molar-refractivity contribution in [2.45, 2.75) is 19.4 Å². The number of halogens is 1. The molecule has 0 aliphatic carbocycles. The lowest BCUT2D eigenvalue weighted by atomic mass is 10.3. The molecule has 6 heteroatoms. The summed E-state index contributed by atoms with van der Waals surface area (Å²) in [6.07, 6.45) is 0.741. The standard InChI is InChI=1S/C13H20N2O3.ClH/c1-10(14)13(16)15-8-3-9-18-12-6-4-11(17-2)5-7-12;/h4-7,10H,3,8-9,14H2,1-2H3,(H,15,16);1H. The molecule has 0 bridgehead atoms. The first-order valence-corrected chi connectivity index (χ1v) is 5.93. The van der Waals surface area contributed by atoms with Gasteiger partial charge in [-0.05, 0) is 37.6 Å². The van der Waals surface area contributed by atoms with Crippen molar-refractivity contribution in [2.75, 3.05) is 20.3 Å². The fraction of sp³-hybridized carbons (Fsp3) is 0.462. The third-order valence-corrected chi connectivity index (χ3v) is 2.36. The largest absolute Gasteiger partial charge is 0.497 e. The topological polar surface area (TPSA) is 73.6 Å². The van der Waals surface area contributed by atoms with E-state index >= 15 is 0 Å². The zero-order valence-electron chi connectivity index (χ0n) is 11.2. The van der Waals surface area contributed by atoms with E-state index in [0.717, 1.165) is 17.9 Å². The maximum Gasteiger partial charge on any atom is 0.236 e. The second-order valence-electron chi connectivity index (χ2n) is 3.96. The van der Waals surface area contributed by atoms with Crippen LogP contribution in [0.4, 0.5) is 0 Å². The summed E-state index contributed by atoms with van der Waals surface area (Å²) in [5, 5.41) is 2.72. The molecule has 1 atom stereocenters. The number of ether oxygens (including phenoxy) is 2. The number of hydrogen-bond acceptors (Lipinski definition) is 4. The second kappa shape index (κ2) is 9.47. The van der Waals surface area contributed by atoms with Crippen LogP contribution in [0.5, 0.6) is 11.5 Å². The zero-order chi connectivity index (χ0) is 13.4. The summed E-state index contributed by atoms with van der Waals surface area (Å²) in [6.45, 7) is 2.77. The molecular weight excluding hydrogens is 268 g/mol. The monoisotopic (exact) mass is 288 g/mol. The lowest BCUT2D eigenvalue weighted by molar-refractivity contribution is -0.121. The van der Waals surface area contributed by atoms with Gasteiger partial charge in [0.15, 0.2) is 0 Å². The summed E-state index contributed by atoms with van der Waals surface area (Å²) >= 11 is 0. The number of carbonyl (C=O) groups is 1. The minimum absolute atomic E-state index is 0. The van der Waals surface area contributed by atoms with E-state index in [2.05, 4.69) is 5.32 Å². The summed E-state index contributed by atoms with van der Waals surface area (Å²) in [5.74, 6) is 1.44. The Morgan fingerprint density at radius 3 is 2.42 bits per heavy atom. The highest BCUT2D eigenvalue weighted by Crippen LogP contribution is 2.16. The molecule has 0 fully saturated rings. The van der Waals surface area contributed by atoms with Crippen LogP contribution in [0.15, 0.2) is 24.3 Å². The van der Waals surface area contributed by atoms with Crippen molar-refractivity contribution in [2.24, 2.45) is 5.73 Å². The van der Waals surface area contributed by atoms with E-state index in [1.165, 1.54) is 0 Å². The van der Waals surface area contributed by atoms with Gasteiger partial charge in [0, 0.05) is 6.54 Å². The molecule has 108 valence electrons. The van der Waals surface area contributed by atoms with Gasteiger partial charge in [-0.2, -0.15) is 0 Å². The van der Waals surface area contributed by atoms with Crippen LogP contribution < -0.4 is 20.5 Å². The molecule has 0 aliphatic heterocycles. The fourth-order valence-corrected chi connectivity index (χ4v) is 1.31. The van der Waals surface area contributed by atoms with Crippen molar-refractivity contribution in [3.05, 3.63) is 24.3 Å². The fourth-order valence-electron chi connectivity index (χ4n) is 1.31. The van der Waals surface area contributed by atoms with E-state index in [1.807, 2.05) is 24.3 Å². The van der Waals surface area contributed by atoms with E-state index in [1.54, 1.807) is 14.0 Å². The molecule has 1 aromatic carbocycles. The van der Waals surface area contributed by atoms with Gasteiger partial charge in [-0.3, -0.25) is 4.79 Å². The number of hydrogen-bond donors (Lipinski definition) is 2. The Labute approximate surface area is 119 Å². The summed E-state index contributed by atoms with van der Waals surface area (Å²) in [5.41, 5.74) is 5.41. The molecule has 1 unspecified atom stereocenters. The lowest BCUT2D eigenvalue weighted by Gasteiger charge is -2.09. The van der Waals surface area contributed by atoms with Gasteiger partial charge in [-0.15, -0.1) is 12.4 Å². The van der Waals surface area contributed by atoms with Gasteiger partial charge in [0.25, 0.3) is 0 Å². The van der Waals surface area contributed by atoms with E-state index < -0.39 is 6.04 Å². The van der Waals surface area contributed by atoms with E-state index in [4.69, 9.17) is 15.2 Å². The van der Waals surface area contributed by atoms with Crippen LogP contribution in [-0.2, 0) is 4.79 Å². The molecule has 0 heterocycles. The highest BCUT2D eigenvalue weighted by Gasteiger charge is 2.05. The number of amides is 1. The minimum atomic E-state index is -0.465. The Bertz CT molecular complexity index is 369. The number of nitrogens with one attached hydrogen (secondary N) is 1. The van der Waals surface area contributed by atoms with E-state index in [0.29, 0.717) is 13.2 Å². The highest BCUT2D eigenvalue weighted by molar-refractivity contribution is 5.85. The third kappa shape index (κ3) is 6.88. The average molecular weight is 289 g/mol. The quantitative estimate of drug-likeness (QED) is 0.743. The van der Waals surface area contributed by atoms with Gasteiger partial charge < -0.3 is 20.5 Å². The summed E-state index contributed by atoms with van der Waals surface area (Å²) < 4.78 is 10.6. The lowest BCUT2D eigenvalue weighted by Crippen LogP contribution is -2.38. The highest BCUT2D eigenvalue weighted by atomic mass is 35.5. The van der Waals surface area contributed by atoms with Crippen molar-refractivity contribution >= 4 is 18.3 Å². The van der Waals surface area contributed by atoms with Crippen molar-refractivity contribution in [1.82, 2.24) is 5.32 Å². The number of methoxy groups -OCH3 is 1. The summed E-state index contributed by atoms with van der Waals surface area (Å²) in [4.78, 5) is 11.2. The number of rotatable bonds is 7. The molecular formula is C13H21ClN2O3. The number of carbonyl (C=O) groups excluding carboxylic acids is 1. The normalized spacial score (nSPS) is 11.1. The van der Waals surface area contributed by atoms with Crippen LogP contribution in [0, 0.1) is 0 Å². The van der Waals surface area contributed by atoms with Gasteiger partial charge in [-0.1, -0.05) is 0 Å². The second-order valence-corrected chi connectivity index (χ2v) is 3.96. The first-order valence-electron chi connectivity index (χ1n) is 5.93. The van der Waals surface area contributed by atoms with Crippen molar-refractivity contribution < 1.29 is 14.3 Å². The summed E-state index contributed by atoms with van der Waals surface area (Å²) in [7, 11) is 1.62. The maximum atomic E-state index is 11.2. The van der Waals surface area contributed by atoms with Gasteiger partial charge in [0.05, 0.1) is 19.8 Å². The van der Waals surface area contributed by atoms with Gasteiger partial charge in [0.2, 0.25) is 5.91 Å². The molecule has 0 saturated heterocycles. The molecule has 0 aliphatic rings. The van der Waals surface area contributed by atoms with E-state index in [-0.39, 0.29) is 18.3 Å². The van der Waals surface area contributed by atoms with Crippen molar-refractivity contribution in [1.29, 1.82) is 0 Å². The average Bonchev–Trinajstić information content (AvgIpc) is 2.38. The van der Waals surface area contributed by atoms with Gasteiger partial charge >= 0.3 is 0 Å². The SMILES string of the molecule is COc1ccc(OCCCNC(=O)C(C)N)cc1.Cl. The zero-order valence-corrected chi connectivity index (χ0v) is 12.0. The Balaban J connectivity index is 0.00000324. The van der Waals surface area contributed by atoms with Crippen LogP contribution in [0.2, 0.25) is 0 Å². The van der Waals surface area contributed by atoms with Crippen LogP contribution in [0.25, 0.3) is 0 Å². The Hall–Kier alpha value is -1.46. The van der Waals surface area contributed by atoms with E-state index in [9.17, 15) is 4.79 Å². The van der Waals surface area contributed by atoms with Crippen molar-refractivity contribution in [3.8, 4) is 11.5 Å². The molecule has 1 rings (SSSR count). The summed E-state index contributed by atoms with van der Waals surface area (Å²) in [6, 6.07) is 6.91. The van der Waals surface area contributed by atoms with Crippen LogP contribution >= 0.6 is 12.4 Å². The Morgan fingerprint density at radius 2 is 1.89 bits per heavy atom. The Morgan fingerprint density at radius 1 is 1.32 bits per heavy atom. The number of benzene rings is 1. The molecule has 1 aromatic rings. The maximum absolute atomic E-state index is 11.2. The predicted molar refractivity (Wildman–Crippen MR) is 77.0 cm³/mol. The third-order valence-electron chi connectivity index (χ3n) is 2.36. The molecule has 5 nitrogen and oxygen atoms in total. The minimum Gasteiger partial charge on any atom is -0.497 e. The molecule has 0 spiro atoms. The molecule has 1 amide bonds. The first-order chi connectivity index (χ1) is 8.63. The van der Waals surface area contributed by atoms with Crippen LogP contribution in [0.1, 0.15) is 13.3 Å². The molecule has 0 saturated carbocycles. The van der Waals surface area contributed by atoms with Gasteiger partial charge in [0.1, 0.15) is 11.5 Å². The first kappa shape index (κ1) is 17.5. The molecule has 0 radical (unpaired) electrons. The van der Waals surface area contributed by atoms with Crippen LogP contribution in [-0.4, -0.2) is 32.2 Å². The Kier molecular flexibility index (Phi) is 8.74. The van der Waals surface area contributed by atoms with Gasteiger partial charge in [-0.25, -0.2) is 0 Å². The predicted octanol–water partition coefficient (Wildman–Crippen LogP) is 1.35. The molecule has 0 aromatic heterocycles. The molecule has 19 heavy (non-hydrogen) atoms. The smallest absolute Gasteiger partial charge is 0.236 e. The van der Waals surface area contributed by atoms with Crippen molar-refractivity contribution in [3.63, 3.8) is 0 Å². The van der Waals surface area contributed by atoms with Crippen LogP contribution in [0.3, 0.4) is 0 Å².